The second kappa shape index (κ2) is 30.0. The van der Waals surface area contributed by atoms with E-state index in [1.165, 1.54) is 69.4 Å². The molecule has 0 saturated carbocycles. The van der Waals surface area contributed by atoms with Crippen LogP contribution in [-0.2, 0) is 52.6 Å². The average molecular weight is 1410 g/mol. The first-order valence-corrected chi connectivity index (χ1v) is 32.3. The third kappa shape index (κ3) is 15.6. The molecule has 536 valence electrons. The molecule has 32 heteroatoms. The third-order valence-corrected chi connectivity index (χ3v) is 18.6. The van der Waals surface area contributed by atoms with Crippen LogP contribution in [0.1, 0.15) is 118 Å². The van der Waals surface area contributed by atoms with Crippen molar-refractivity contribution in [2.45, 2.75) is 163 Å². The standard InChI is InChI=1S/C68H78ClN7O24/c1-26(2)14-39(72-5)64(91)75-53-42(81)17-32(20-48(70)83)62(89)73-51-31-18-45(60(100-67-58(87)57(86)56(85)47(25-77)98-67)46(19-31)97-44-13-9-30(55(53)84)16-38(44)69)96-34-10-6-28(7-11-34)59(99-49-24-68(4,71)61(88)27(3)95-49)54-65(92)74-52(66(93)94)37-21-33(78)22-41(80)50(37)36-15-29(8-12-40(36)79)35(23-43(51)82)63(90)76-54/h6-13,15-16,18-19,21-22,26-27,32,35,39,47,49,51-59,61,67,72,77-80,84-88H,14,17,20,23-25,71H2,1-5H3,(H2,70,83)(H,73,89)(H,74,92)(H,75,91)(H,76,90)(H,93,94)/t27?,32-,35+,39+,47?,49?,51+,52-,53-,54+,55+,56?,57?,58?,59+,61?,67?,68?/m0/s1. The van der Waals surface area contributed by atoms with Crippen LogP contribution in [0.4, 0.5) is 0 Å². The number of aromatic hydroxyl groups is 3. The van der Waals surface area contributed by atoms with Gasteiger partial charge in [0.2, 0.25) is 41.6 Å². The smallest absolute Gasteiger partial charge is 0.330 e. The molecule has 9 unspecified atom stereocenters. The Kier molecular flexibility index (Phi) is 22.1. The van der Waals surface area contributed by atoms with E-state index in [1.54, 1.807) is 0 Å². The minimum atomic E-state index is -2.23. The van der Waals surface area contributed by atoms with E-state index in [0.29, 0.717) is 0 Å². The fourth-order valence-electron chi connectivity index (χ4n) is 13.0. The summed E-state index contributed by atoms with van der Waals surface area (Å²) >= 11 is 7.03. The van der Waals surface area contributed by atoms with Crippen molar-refractivity contribution in [1.29, 1.82) is 0 Å². The number of ketones is 2. The van der Waals surface area contributed by atoms with Gasteiger partial charge in [-0.3, -0.25) is 33.6 Å². The molecule has 5 aromatic rings. The number of amides is 5. The van der Waals surface area contributed by atoms with Gasteiger partial charge in [0.15, 0.2) is 35.4 Å². The highest BCUT2D eigenvalue weighted by atomic mass is 35.5. The quantitative estimate of drug-likeness (QED) is 0.0793. The van der Waals surface area contributed by atoms with Gasteiger partial charge in [-0.05, 0) is 110 Å². The van der Waals surface area contributed by atoms with E-state index in [4.69, 9.17) is 51.5 Å². The fraction of sp³-hybridized carbons (Fsp3) is 0.441. The van der Waals surface area contributed by atoms with Crippen molar-refractivity contribution in [3.8, 4) is 57.1 Å². The molecule has 5 aromatic carbocycles. The molecule has 12 rings (SSSR count). The number of likely N-dealkylation sites (N-methyl/N-ethyl adjacent to an activating group) is 1. The third-order valence-electron chi connectivity index (χ3n) is 18.3. The Morgan fingerprint density at radius 3 is 2.08 bits per heavy atom. The van der Waals surface area contributed by atoms with Crippen molar-refractivity contribution < 1.29 is 118 Å². The number of fused-ring (bicyclic) bond motifs is 15. The zero-order chi connectivity index (χ0) is 72.7. The molecule has 7 heterocycles. The number of ether oxygens (including phenoxy) is 6. The summed E-state index contributed by atoms with van der Waals surface area (Å²) < 4.78 is 38.1. The first-order valence-electron chi connectivity index (χ1n) is 32.0. The number of nitrogens with one attached hydrogen (secondary N) is 5. The Morgan fingerprint density at radius 2 is 1.44 bits per heavy atom. The first-order chi connectivity index (χ1) is 47.2. The second-order valence-electron chi connectivity index (χ2n) is 26.2. The fourth-order valence-corrected chi connectivity index (χ4v) is 13.2. The summed E-state index contributed by atoms with van der Waals surface area (Å²) in [6, 6.07) is 6.82. The highest BCUT2D eigenvalue weighted by molar-refractivity contribution is 6.32. The number of phenolic OH excluding ortho intramolecular Hbond substituents is 3. The monoisotopic (exact) mass is 1410 g/mol. The molecule has 0 aliphatic carbocycles. The number of Topliss-reactive ketones (excluding diaryl/α,β-unsaturated/α-hetero) is 2. The number of aliphatic hydroxyl groups is 6. The van der Waals surface area contributed by atoms with Crippen molar-refractivity contribution in [2.75, 3.05) is 13.7 Å². The molecule has 0 aromatic heterocycles. The zero-order valence-electron chi connectivity index (χ0n) is 54.4. The van der Waals surface area contributed by atoms with Crippen LogP contribution < -0.4 is 52.3 Å². The lowest BCUT2D eigenvalue weighted by Crippen LogP contribution is -2.61. The second-order valence-corrected chi connectivity index (χ2v) is 26.6. The van der Waals surface area contributed by atoms with Crippen molar-refractivity contribution in [1.82, 2.24) is 26.6 Å². The number of carbonyl (C=O) groups excluding carboxylic acids is 7. The van der Waals surface area contributed by atoms with E-state index < -0.39 is 233 Å². The zero-order valence-corrected chi connectivity index (χ0v) is 55.2. The number of aliphatic carboxylic acids is 1. The van der Waals surface area contributed by atoms with Gasteiger partial charge in [-0.25, -0.2) is 4.79 Å². The number of hydrogen-bond acceptors (Lipinski definition) is 25. The minimum Gasteiger partial charge on any atom is -0.508 e. The van der Waals surface area contributed by atoms with Gasteiger partial charge in [0.25, 0.3) is 0 Å². The van der Waals surface area contributed by atoms with Gasteiger partial charge >= 0.3 is 5.97 Å². The van der Waals surface area contributed by atoms with Crippen molar-refractivity contribution in [3.05, 3.63) is 118 Å². The van der Waals surface area contributed by atoms with Gasteiger partial charge in [-0.1, -0.05) is 49.7 Å². The summed E-state index contributed by atoms with van der Waals surface area (Å²) in [5.74, 6) is -17.9. The van der Waals surface area contributed by atoms with Crippen molar-refractivity contribution in [2.24, 2.45) is 23.3 Å². The predicted molar refractivity (Wildman–Crippen MR) is 347 cm³/mol. The molecular weight excluding hydrogens is 1330 g/mol. The summed E-state index contributed by atoms with van der Waals surface area (Å²) in [5, 5.41) is 125. The Balaban J connectivity index is 1.25. The number of carboxylic acid groups (broad SMARTS) is 1. The van der Waals surface area contributed by atoms with E-state index >= 15 is 19.2 Å². The summed E-state index contributed by atoms with van der Waals surface area (Å²) in [4.78, 5) is 119. The molecular formula is C68H78ClN7O24. The number of carboxylic acids is 1. The predicted octanol–water partition coefficient (Wildman–Crippen LogP) is 1.43. The van der Waals surface area contributed by atoms with Crippen molar-refractivity contribution in [3.63, 3.8) is 0 Å². The summed E-state index contributed by atoms with van der Waals surface area (Å²) in [6.45, 7) is 5.73. The average Bonchev–Trinajstić information content (AvgIpc) is 0.769. The van der Waals surface area contributed by atoms with Gasteiger partial charge in [0.05, 0.1) is 41.7 Å². The highest BCUT2D eigenvalue weighted by Gasteiger charge is 2.49. The van der Waals surface area contributed by atoms with E-state index in [2.05, 4.69) is 26.6 Å². The topological polar surface area (TPSA) is 506 Å². The van der Waals surface area contributed by atoms with E-state index in [9.17, 15) is 70.2 Å². The largest absolute Gasteiger partial charge is 0.508 e. The van der Waals surface area contributed by atoms with Gasteiger partial charge < -0.3 is 118 Å². The van der Waals surface area contributed by atoms with Gasteiger partial charge in [-0.2, -0.15) is 0 Å². The van der Waals surface area contributed by atoms with Crippen LogP contribution in [-0.4, -0.2) is 185 Å². The number of nitrogens with two attached hydrogens (primary N) is 2. The number of primary amides is 1. The van der Waals surface area contributed by atoms with E-state index in [1.807, 2.05) is 13.8 Å². The molecule has 11 bridgehead atoms. The van der Waals surface area contributed by atoms with Gasteiger partial charge in [-0.15, -0.1) is 0 Å². The molecule has 18 atom stereocenters. The first kappa shape index (κ1) is 73.6. The lowest BCUT2D eigenvalue weighted by atomic mass is 9.84. The molecule has 2 fully saturated rings. The van der Waals surface area contributed by atoms with Crippen molar-refractivity contribution >= 4 is 58.7 Å². The molecule has 0 spiro atoms. The molecule has 5 amide bonds. The van der Waals surface area contributed by atoms with Crippen LogP contribution in [0.2, 0.25) is 5.02 Å². The maximum Gasteiger partial charge on any atom is 0.330 e. The molecule has 31 nitrogen and oxygen atoms in total. The summed E-state index contributed by atoms with van der Waals surface area (Å²) in [7, 11) is 1.50. The Labute approximate surface area is 575 Å². The van der Waals surface area contributed by atoms with Crippen LogP contribution in [0, 0.1) is 11.8 Å². The SMILES string of the molecule is CN[C@H](CC(C)C)C(=O)N[C@H]1C(=O)C[C@@H](CC(N)=O)C(=O)N[C@H]2C(=O)C[C@H]3C(=O)N[C@@H](C(=O)N[C@H](C(=O)O)c4cc(O)cc(O)c4-c4cc3ccc4O)[C@H](OC3CC(C)(N)C(O)C(C)O3)c3ccc(cc3)Oc3cc2cc(c3OC2OC(CO)C(O)C(O)C2O)Oc2ccc(cc2Cl)[C@H]1O. The number of aliphatic hydroxyl groups excluding tert-OH is 6. The Morgan fingerprint density at radius 1 is 0.760 bits per heavy atom. The molecule has 19 N–H and O–H groups in total. The Bertz CT molecular complexity index is 3990. The maximum absolute atomic E-state index is 16.2. The molecule has 0 radical (unpaired) electrons. The molecule has 100 heavy (non-hydrogen) atoms. The molecule has 2 saturated heterocycles. The number of hydrogen-bond donors (Lipinski definition) is 17. The van der Waals surface area contributed by atoms with Crippen LogP contribution in [0.15, 0.2) is 84.9 Å². The number of phenols is 3. The van der Waals surface area contributed by atoms with Crippen LogP contribution in [0.25, 0.3) is 11.1 Å². The number of carbonyl (C=O) groups is 8. The van der Waals surface area contributed by atoms with E-state index in [0.717, 1.165) is 36.4 Å². The lowest BCUT2D eigenvalue weighted by molar-refractivity contribution is -0.277. The summed E-state index contributed by atoms with van der Waals surface area (Å²) in [5.41, 5.74) is 8.89. The number of rotatable bonds is 13. The van der Waals surface area contributed by atoms with E-state index in [-0.39, 0.29) is 57.5 Å². The van der Waals surface area contributed by atoms with Gasteiger partial charge in [0, 0.05) is 54.0 Å². The minimum absolute atomic E-state index is 0.00380. The normalized spacial score (nSPS) is 29.8. The summed E-state index contributed by atoms with van der Waals surface area (Å²) in [6.07, 6.45) is -20.3. The molecule has 7 aliphatic heterocycles. The lowest BCUT2D eigenvalue weighted by Gasteiger charge is -2.44. The van der Waals surface area contributed by atoms with Crippen LogP contribution in [0.3, 0.4) is 0 Å². The molecule has 7 aliphatic rings. The van der Waals surface area contributed by atoms with Gasteiger partial charge in [0.1, 0.15) is 83.5 Å². The van der Waals surface area contributed by atoms with Crippen LogP contribution in [0.5, 0.6) is 46.0 Å². The van der Waals surface area contributed by atoms with Crippen LogP contribution >= 0.6 is 11.6 Å². The Hall–Kier alpha value is -9.09. The highest BCUT2D eigenvalue weighted by Crippen LogP contribution is 2.50. The number of benzene rings is 5. The maximum atomic E-state index is 16.2. The number of halogens is 1.